The third-order valence-electron chi connectivity index (χ3n) is 2.27. The zero-order valence-corrected chi connectivity index (χ0v) is 7.91. The minimum Gasteiger partial charge on any atom is -0.378 e. The molecule has 3 atom stereocenters. The second-order valence-corrected chi connectivity index (χ2v) is 3.33. The lowest BCUT2D eigenvalue weighted by Crippen LogP contribution is -2.38. The molecule has 72 valence electrons. The van der Waals surface area contributed by atoms with Crippen molar-refractivity contribution >= 4 is 5.91 Å². The van der Waals surface area contributed by atoms with Gasteiger partial charge in [-0.3, -0.25) is 4.79 Å². The highest BCUT2D eigenvalue weighted by Gasteiger charge is 2.31. The Hall–Kier alpha value is -1.08. The van der Waals surface area contributed by atoms with E-state index >= 15 is 0 Å². The molecule has 2 unspecified atom stereocenters. The van der Waals surface area contributed by atoms with Crippen molar-refractivity contribution < 1.29 is 9.53 Å². The number of nitrogens with one attached hydrogen (secondary N) is 1. The van der Waals surface area contributed by atoms with Crippen molar-refractivity contribution in [1.29, 1.82) is 5.26 Å². The van der Waals surface area contributed by atoms with Crippen LogP contribution in [0.15, 0.2) is 0 Å². The van der Waals surface area contributed by atoms with Gasteiger partial charge in [0.25, 0.3) is 0 Å². The summed E-state index contributed by atoms with van der Waals surface area (Å²) in [6.45, 7) is 4.19. The highest BCUT2D eigenvalue weighted by molar-refractivity contribution is 5.80. The van der Waals surface area contributed by atoms with Gasteiger partial charge >= 0.3 is 0 Å². The van der Waals surface area contributed by atoms with Crippen molar-refractivity contribution in [3.05, 3.63) is 0 Å². The summed E-state index contributed by atoms with van der Waals surface area (Å²) < 4.78 is 5.26. The number of nitrogens with zero attached hydrogens (tertiary/aromatic N) is 1. The van der Waals surface area contributed by atoms with Crippen molar-refractivity contribution in [2.75, 3.05) is 6.61 Å². The fraction of sp³-hybridized carbons (Fsp3) is 0.778. The number of hydrogen-bond acceptors (Lipinski definition) is 3. The Morgan fingerprint density at radius 1 is 1.77 bits per heavy atom. The topological polar surface area (TPSA) is 62.1 Å². The van der Waals surface area contributed by atoms with E-state index in [1.807, 2.05) is 13.0 Å². The maximum Gasteiger partial charge on any atom is 0.226 e. The smallest absolute Gasteiger partial charge is 0.226 e. The van der Waals surface area contributed by atoms with E-state index in [2.05, 4.69) is 5.32 Å². The first kappa shape index (κ1) is 10.0. The molecule has 1 N–H and O–H groups in total. The highest BCUT2D eigenvalue weighted by Crippen LogP contribution is 2.20. The van der Waals surface area contributed by atoms with Crippen LogP contribution in [0, 0.1) is 17.2 Å². The SMILES string of the molecule is CC1OCCC1C(=O)N[C@H](C)C#N. The average Bonchev–Trinajstić information content (AvgIpc) is 2.51. The molecule has 1 heterocycles. The molecule has 1 rings (SSSR count). The van der Waals surface area contributed by atoms with Gasteiger partial charge in [0.1, 0.15) is 6.04 Å². The van der Waals surface area contributed by atoms with Crippen LogP contribution in [-0.2, 0) is 9.53 Å². The van der Waals surface area contributed by atoms with Crippen LogP contribution in [-0.4, -0.2) is 24.7 Å². The van der Waals surface area contributed by atoms with Gasteiger partial charge in [0, 0.05) is 6.61 Å². The number of amides is 1. The minimum absolute atomic E-state index is 0.0223. The summed E-state index contributed by atoms with van der Waals surface area (Å²) in [6.07, 6.45) is 0.733. The Labute approximate surface area is 77.9 Å². The summed E-state index contributed by atoms with van der Waals surface area (Å²) in [6, 6.07) is 1.54. The van der Waals surface area contributed by atoms with Crippen LogP contribution >= 0.6 is 0 Å². The van der Waals surface area contributed by atoms with E-state index < -0.39 is 6.04 Å². The first-order valence-electron chi connectivity index (χ1n) is 4.46. The lowest BCUT2D eigenvalue weighted by Gasteiger charge is -2.14. The van der Waals surface area contributed by atoms with Gasteiger partial charge < -0.3 is 10.1 Å². The summed E-state index contributed by atoms with van der Waals surface area (Å²) in [5.41, 5.74) is 0. The second-order valence-electron chi connectivity index (χ2n) is 3.33. The Balaban J connectivity index is 2.44. The monoisotopic (exact) mass is 182 g/mol. The van der Waals surface area contributed by atoms with E-state index in [4.69, 9.17) is 10.00 Å². The average molecular weight is 182 g/mol. The van der Waals surface area contributed by atoms with Gasteiger partial charge in [-0.1, -0.05) is 0 Å². The number of ether oxygens (including phenoxy) is 1. The molecule has 0 radical (unpaired) electrons. The molecule has 0 aromatic rings. The maximum absolute atomic E-state index is 11.5. The van der Waals surface area contributed by atoms with E-state index in [-0.39, 0.29) is 17.9 Å². The molecule has 0 bridgehead atoms. The first-order chi connectivity index (χ1) is 6.15. The molecule has 0 saturated carbocycles. The number of carbonyl (C=O) groups is 1. The van der Waals surface area contributed by atoms with E-state index in [1.54, 1.807) is 6.92 Å². The summed E-state index contributed by atoms with van der Waals surface area (Å²) in [5.74, 6) is -0.158. The van der Waals surface area contributed by atoms with Gasteiger partial charge in [-0.25, -0.2) is 0 Å². The predicted molar refractivity (Wildman–Crippen MR) is 46.7 cm³/mol. The van der Waals surface area contributed by atoms with Crippen LogP contribution in [0.5, 0.6) is 0 Å². The van der Waals surface area contributed by atoms with Gasteiger partial charge in [0.05, 0.1) is 18.1 Å². The maximum atomic E-state index is 11.5. The molecule has 1 aliphatic rings. The second kappa shape index (κ2) is 4.24. The van der Waals surface area contributed by atoms with Crippen LogP contribution in [0.1, 0.15) is 20.3 Å². The van der Waals surface area contributed by atoms with Crippen molar-refractivity contribution in [2.45, 2.75) is 32.4 Å². The van der Waals surface area contributed by atoms with E-state index in [1.165, 1.54) is 0 Å². The third-order valence-corrected chi connectivity index (χ3v) is 2.27. The fourth-order valence-corrected chi connectivity index (χ4v) is 1.43. The Morgan fingerprint density at radius 3 is 2.92 bits per heavy atom. The molecule has 1 amide bonds. The van der Waals surface area contributed by atoms with Crippen LogP contribution < -0.4 is 5.32 Å². The molecule has 0 aromatic carbocycles. The van der Waals surface area contributed by atoms with E-state index in [0.29, 0.717) is 6.61 Å². The van der Waals surface area contributed by atoms with Crippen LogP contribution in [0.25, 0.3) is 0 Å². The standard InChI is InChI=1S/C9H14N2O2/c1-6(5-10)11-9(12)8-3-4-13-7(8)2/h6-8H,3-4H2,1-2H3,(H,11,12)/t6-,7?,8?/m1/s1. The number of carbonyl (C=O) groups excluding carboxylic acids is 1. The van der Waals surface area contributed by atoms with Crippen molar-refractivity contribution in [2.24, 2.45) is 5.92 Å². The van der Waals surface area contributed by atoms with E-state index in [9.17, 15) is 4.79 Å². The Kier molecular flexibility index (Phi) is 3.26. The molecule has 0 aromatic heterocycles. The minimum atomic E-state index is -0.416. The van der Waals surface area contributed by atoms with E-state index in [0.717, 1.165) is 6.42 Å². The predicted octanol–water partition coefficient (Wildman–Crippen LogP) is 0.440. The van der Waals surface area contributed by atoms with Crippen LogP contribution in [0.4, 0.5) is 0 Å². The molecule has 0 aliphatic carbocycles. The van der Waals surface area contributed by atoms with Crippen LogP contribution in [0.3, 0.4) is 0 Å². The lowest BCUT2D eigenvalue weighted by atomic mass is 10.0. The van der Waals surface area contributed by atoms with Crippen molar-refractivity contribution in [3.63, 3.8) is 0 Å². The van der Waals surface area contributed by atoms with Gasteiger partial charge in [0.2, 0.25) is 5.91 Å². The highest BCUT2D eigenvalue weighted by atomic mass is 16.5. The summed E-state index contributed by atoms with van der Waals surface area (Å²) in [4.78, 5) is 11.5. The summed E-state index contributed by atoms with van der Waals surface area (Å²) in [7, 11) is 0. The molecular formula is C9H14N2O2. The molecule has 13 heavy (non-hydrogen) atoms. The molecule has 4 heteroatoms. The van der Waals surface area contributed by atoms with Crippen LogP contribution in [0.2, 0.25) is 0 Å². The van der Waals surface area contributed by atoms with Gasteiger partial charge in [-0.2, -0.15) is 5.26 Å². The zero-order chi connectivity index (χ0) is 9.84. The molecule has 1 saturated heterocycles. The van der Waals surface area contributed by atoms with Gasteiger partial charge in [-0.05, 0) is 20.3 Å². The number of rotatable bonds is 2. The van der Waals surface area contributed by atoms with Gasteiger partial charge in [-0.15, -0.1) is 0 Å². The lowest BCUT2D eigenvalue weighted by molar-refractivity contribution is -0.126. The number of nitriles is 1. The van der Waals surface area contributed by atoms with Gasteiger partial charge in [0.15, 0.2) is 0 Å². The zero-order valence-electron chi connectivity index (χ0n) is 7.91. The molecular weight excluding hydrogens is 168 g/mol. The van der Waals surface area contributed by atoms with Crippen molar-refractivity contribution in [1.82, 2.24) is 5.32 Å². The molecule has 4 nitrogen and oxygen atoms in total. The molecule has 0 spiro atoms. The first-order valence-corrected chi connectivity index (χ1v) is 4.46. The Bertz CT molecular complexity index is 234. The normalized spacial score (nSPS) is 29.3. The Morgan fingerprint density at radius 2 is 2.46 bits per heavy atom. The van der Waals surface area contributed by atoms with Crippen molar-refractivity contribution in [3.8, 4) is 6.07 Å². The molecule has 1 aliphatic heterocycles. The fourth-order valence-electron chi connectivity index (χ4n) is 1.43. The molecule has 1 fully saturated rings. The summed E-state index contributed by atoms with van der Waals surface area (Å²) >= 11 is 0. The quantitative estimate of drug-likeness (QED) is 0.674. The summed E-state index contributed by atoms with van der Waals surface area (Å²) in [5, 5.41) is 11.1. The number of hydrogen-bond donors (Lipinski definition) is 1. The largest absolute Gasteiger partial charge is 0.378 e. The third kappa shape index (κ3) is 2.43.